The van der Waals surface area contributed by atoms with Crippen molar-refractivity contribution in [1.82, 2.24) is 9.78 Å². The Bertz CT molecular complexity index is 1370. The van der Waals surface area contributed by atoms with Crippen LogP contribution in [0, 0.1) is 0 Å². The van der Waals surface area contributed by atoms with Gasteiger partial charge in [-0.15, -0.1) is 0 Å². The molecule has 4 aromatic rings. The van der Waals surface area contributed by atoms with Crippen molar-refractivity contribution in [3.63, 3.8) is 0 Å². The van der Waals surface area contributed by atoms with Gasteiger partial charge in [0.25, 0.3) is 5.56 Å². The van der Waals surface area contributed by atoms with Gasteiger partial charge in [-0.25, -0.2) is 9.48 Å². The number of carbonyl (C=O) groups is 1. The minimum Gasteiger partial charge on any atom is -0.490 e. The van der Waals surface area contributed by atoms with E-state index in [1.807, 2.05) is 37.3 Å². The SMILES string of the molecule is C=c1[nH]n(-c2ccccc2)c(=O)/c1=C\c1ccc(OC(=O)c2ccco2)c(OCC)c1. The first-order chi connectivity index (χ1) is 15.1. The smallest absolute Gasteiger partial charge is 0.379 e. The third kappa shape index (κ3) is 4.20. The lowest BCUT2D eigenvalue weighted by Crippen LogP contribution is -2.33. The molecule has 0 radical (unpaired) electrons. The fourth-order valence-corrected chi connectivity index (χ4v) is 3.08. The molecular formula is C24H20N2O5. The largest absolute Gasteiger partial charge is 0.490 e. The van der Waals surface area contributed by atoms with E-state index in [4.69, 9.17) is 13.9 Å². The molecule has 1 N–H and O–H groups in total. The van der Waals surface area contributed by atoms with Crippen LogP contribution in [-0.4, -0.2) is 22.4 Å². The van der Waals surface area contributed by atoms with E-state index in [1.165, 1.54) is 17.0 Å². The predicted molar refractivity (Wildman–Crippen MR) is 116 cm³/mol. The molecule has 2 heterocycles. The van der Waals surface area contributed by atoms with Crippen molar-refractivity contribution < 1.29 is 18.7 Å². The molecule has 0 unspecified atom stereocenters. The molecule has 7 heteroatoms. The first-order valence-electron chi connectivity index (χ1n) is 9.66. The molecule has 0 amide bonds. The fourth-order valence-electron chi connectivity index (χ4n) is 3.08. The molecule has 0 spiro atoms. The van der Waals surface area contributed by atoms with E-state index in [-0.39, 0.29) is 17.1 Å². The second-order valence-electron chi connectivity index (χ2n) is 6.63. The lowest BCUT2D eigenvalue weighted by atomic mass is 10.1. The van der Waals surface area contributed by atoms with Crippen molar-refractivity contribution in [3.05, 3.63) is 99.2 Å². The van der Waals surface area contributed by atoms with Gasteiger partial charge in [0.15, 0.2) is 11.5 Å². The highest BCUT2D eigenvalue weighted by atomic mass is 16.6. The van der Waals surface area contributed by atoms with Crippen molar-refractivity contribution in [2.24, 2.45) is 0 Å². The second-order valence-corrected chi connectivity index (χ2v) is 6.63. The maximum Gasteiger partial charge on any atom is 0.379 e. The molecule has 4 rings (SSSR count). The number of esters is 1. The van der Waals surface area contributed by atoms with Gasteiger partial charge in [-0.05, 0) is 55.0 Å². The molecule has 0 bridgehead atoms. The summed E-state index contributed by atoms with van der Waals surface area (Å²) < 4.78 is 17.5. The molecule has 0 atom stereocenters. The van der Waals surface area contributed by atoms with Gasteiger partial charge in [0.05, 0.1) is 29.1 Å². The van der Waals surface area contributed by atoms with Crippen LogP contribution in [0.25, 0.3) is 18.3 Å². The zero-order valence-electron chi connectivity index (χ0n) is 16.8. The summed E-state index contributed by atoms with van der Waals surface area (Å²) in [5.41, 5.74) is 1.19. The first kappa shape index (κ1) is 20.0. The number of nitrogens with one attached hydrogen (secondary N) is 1. The predicted octanol–water partition coefficient (Wildman–Crippen LogP) is 2.62. The number of nitrogens with zero attached hydrogens (tertiary/aromatic N) is 1. The number of para-hydroxylation sites is 1. The summed E-state index contributed by atoms with van der Waals surface area (Å²) in [7, 11) is 0. The van der Waals surface area contributed by atoms with Gasteiger partial charge in [0.2, 0.25) is 5.76 Å². The Morgan fingerprint density at radius 1 is 1.13 bits per heavy atom. The van der Waals surface area contributed by atoms with Crippen LogP contribution >= 0.6 is 0 Å². The number of hydrogen-bond donors (Lipinski definition) is 1. The van der Waals surface area contributed by atoms with E-state index >= 15 is 0 Å². The van der Waals surface area contributed by atoms with Crippen molar-refractivity contribution in [2.45, 2.75) is 6.92 Å². The van der Waals surface area contributed by atoms with Crippen LogP contribution in [0.4, 0.5) is 0 Å². The van der Waals surface area contributed by atoms with Gasteiger partial charge in [0.1, 0.15) is 0 Å². The summed E-state index contributed by atoms with van der Waals surface area (Å²) in [5, 5.41) is 3.90. The van der Waals surface area contributed by atoms with Crippen molar-refractivity contribution >= 4 is 18.6 Å². The average Bonchev–Trinajstić information content (AvgIpc) is 3.41. The van der Waals surface area contributed by atoms with E-state index in [9.17, 15) is 9.59 Å². The van der Waals surface area contributed by atoms with E-state index in [2.05, 4.69) is 11.7 Å². The number of aromatic nitrogens is 2. The lowest BCUT2D eigenvalue weighted by molar-refractivity contribution is 0.0695. The third-order valence-corrected chi connectivity index (χ3v) is 4.52. The van der Waals surface area contributed by atoms with Crippen LogP contribution < -0.4 is 25.6 Å². The van der Waals surface area contributed by atoms with E-state index in [1.54, 1.807) is 30.3 Å². The Kier molecular flexibility index (Phi) is 5.57. The lowest BCUT2D eigenvalue weighted by Gasteiger charge is -2.10. The number of rotatable bonds is 6. The van der Waals surface area contributed by atoms with E-state index < -0.39 is 5.97 Å². The monoisotopic (exact) mass is 416 g/mol. The molecule has 0 fully saturated rings. The fraction of sp³-hybridized carbons (Fsp3) is 0.0833. The summed E-state index contributed by atoms with van der Waals surface area (Å²) in [6.45, 7) is 6.15. The maximum absolute atomic E-state index is 12.9. The molecule has 0 aliphatic carbocycles. The number of furan rings is 1. The van der Waals surface area contributed by atoms with Crippen LogP contribution in [-0.2, 0) is 0 Å². The summed E-state index contributed by atoms with van der Waals surface area (Å²) in [6, 6.07) is 17.4. The summed E-state index contributed by atoms with van der Waals surface area (Å²) in [5.74, 6) is 0.0967. The van der Waals surface area contributed by atoms with Crippen LogP contribution in [0.2, 0.25) is 0 Å². The first-order valence-corrected chi connectivity index (χ1v) is 9.66. The van der Waals surface area contributed by atoms with Crippen molar-refractivity contribution in [3.8, 4) is 17.2 Å². The molecule has 2 aromatic heterocycles. The molecule has 2 aromatic carbocycles. The molecule has 0 saturated heterocycles. The molecule has 7 nitrogen and oxygen atoms in total. The van der Waals surface area contributed by atoms with Gasteiger partial charge >= 0.3 is 5.97 Å². The Balaban J connectivity index is 1.71. The van der Waals surface area contributed by atoms with Crippen LogP contribution in [0.3, 0.4) is 0 Å². The second kappa shape index (κ2) is 8.62. The Labute approximate surface area is 177 Å². The normalized spacial score (nSPS) is 11.5. The molecule has 0 saturated carbocycles. The Morgan fingerprint density at radius 2 is 1.94 bits per heavy atom. The molecule has 0 aliphatic rings. The third-order valence-electron chi connectivity index (χ3n) is 4.52. The highest BCUT2D eigenvalue weighted by Gasteiger charge is 2.15. The van der Waals surface area contributed by atoms with E-state index in [0.717, 1.165) is 0 Å². The maximum atomic E-state index is 12.9. The highest BCUT2D eigenvalue weighted by Crippen LogP contribution is 2.29. The van der Waals surface area contributed by atoms with Gasteiger partial charge < -0.3 is 13.9 Å². The van der Waals surface area contributed by atoms with Gasteiger partial charge in [-0.1, -0.05) is 30.8 Å². The summed E-state index contributed by atoms with van der Waals surface area (Å²) in [6.07, 6.45) is 3.11. The number of carbonyl (C=O) groups excluding carboxylic acids is 1. The summed E-state index contributed by atoms with van der Waals surface area (Å²) >= 11 is 0. The van der Waals surface area contributed by atoms with Crippen molar-refractivity contribution in [2.75, 3.05) is 6.61 Å². The Hall–Kier alpha value is -4.26. The van der Waals surface area contributed by atoms with Crippen LogP contribution in [0.1, 0.15) is 23.0 Å². The average molecular weight is 416 g/mol. The van der Waals surface area contributed by atoms with Crippen molar-refractivity contribution in [1.29, 1.82) is 0 Å². The molecule has 156 valence electrons. The number of H-pyrrole nitrogens is 1. The molecular weight excluding hydrogens is 396 g/mol. The minimum atomic E-state index is -0.626. The topological polar surface area (TPSA) is 86.5 Å². The summed E-state index contributed by atoms with van der Waals surface area (Å²) in [4.78, 5) is 25.1. The van der Waals surface area contributed by atoms with E-state index in [0.29, 0.717) is 34.2 Å². The number of benzene rings is 2. The van der Waals surface area contributed by atoms with Crippen LogP contribution in [0.15, 0.2) is 76.1 Å². The number of hydrogen-bond acceptors (Lipinski definition) is 5. The minimum absolute atomic E-state index is 0.0913. The van der Waals surface area contributed by atoms with Gasteiger partial charge in [0, 0.05) is 0 Å². The number of aromatic amines is 1. The van der Waals surface area contributed by atoms with Crippen LogP contribution in [0.5, 0.6) is 11.5 Å². The highest BCUT2D eigenvalue weighted by molar-refractivity contribution is 5.88. The standard InChI is InChI=1S/C24H20N2O5/c1-3-29-22-15-17(11-12-20(22)31-24(28)21-10-7-13-30-21)14-19-16(2)25-26(23(19)27)18-8-5-4-6-9-18/h4-15,25H,2-3H2,1H3/b19-14-. The number of ether oxygens (including phenoxy) is 2. The van der Waals surface area contributed by atoms with Gasteiger partial charge in [-0.3, -0.25) is 9.89 Å². The molecule has 0 aliphatic heterocycles. The quantitative estimate of drug-likeness (QED) is 0.386. The zero-order valence-corrected chi connectivity index (χ0v) is 16.8. The van der Waals surface area contributed by atoms with Gasteiger partial charge in [-0.2, -0.15) is 0 Å². The molecule has 31 heavy (non-hydrogen) atoms. The zero-order chi connectivity index (χ0) is 21.8. The Morgan fingerprint density at radius 3 is 2.65 bits per heavy atom.